The summed E-state index contributed by atoms with van der Waals surface area (Å²) in [6, 6.07) is 27.1. The van der Waals surface area contributed by atoms with Gasteiger partial charge in [0.05, 0.1) is 5.52 Å². The van der Waals surface area contributed by atoms with Crippen molar-refractivity contribution in [3.63, 3.8) is 0 Å². The van der Waals surface area contributed by atoms with E-state index in [0.717, 1.165) is 18.5 Å². The van der Waals surface area contributed by atoms with Crippen molar-refractivity contribution in [2.75, 3.05) is 0 Å². The molecule has 0 aliphatic heterocycles. The van der Waals surface area contributed by atoms with Crippen molar-refractivity contribution in [2.45, 2.75) is 12.8 Å². The van der Waals surface area contributed by atoms with Gasteiger partial charge in [-0.15, -0.1) is 0 Å². The second kappa shape index (κ2) is 5.41. The van der Waals surface area contributed by atoms with Crippen molar-refractivity contribution in [1.29, 1.82) is 0 Å². The molecule has 0 saturated carbocycles. The first kappa shape index (κ1) is 15.9. The minimum Gasteiger partial charge on any atom is -0.299 e. The average Bonchev–Trinajstić information content (AvgIpc) is 3.52. The summed E-state index contributed by atoms with van der Waals surface area (Å²) in [5.74, 6) is 0. The molecule has 2 aliphatic carbocycles. The largest absolute Gasteiger partial charge is 0.299 e. The Kier molecular flexibility index (Phi) is 2.77. The van der Waals surface area contributed by atoms with Crippen LogP contribution in [-0.2, 0) is 12.8 Å². The summed E-state index contributed by atoms with van der Waals surface area (Å²) in [6.45, 7) is 0. The van der Waals surface area contributed by atoms with Crippen LogP contribution in [0.5, 0.6) is 0 Å². The molecule has 0 fully saturated rings. The normalized spacial score (nSPS) is 13.5. The Bertz CT molecular complexity index is 1740. The van der Waals surface area contributed by atoms with Crippen LogP contribution in [0.1, 0.15) is 22.3 Å². The minimum absolute atomic E-state index is 0.996. The van der Waals surface area contributed by atoms with E-state index in [-0.39, 0.29) is 0 Å². The Morgan fingerprint density at radius 2 is 1.45 bits per heavy atom. The highest BCUT2D eigenvalue weighted by atomic mass is 15.0. The summed E-state index contributed by atoms with van der Waals surface area (Å²) < 4.78 is 2.25. The molecule has 2 heteroatoms. The van der Waals surface area contributed by atoms with Gasteiger partial charge in [-0.3, -0.25) is 4.40 Å². The summed E-state index contributed by atoms with van der Waals surface area (Å²) in [7, 11) is 0. The van der Waals surface area contributed by atoms with Crippen LogP contribution in [-0.4, -0.2) is 9.38 Å². The molecule has 0 atom stereocenters. The first-order chi connectivity index (χ1) is 15.4. The van der Waals surface area contributed by atoms with E-state index < -0.39 is 0 Å². The fourth-order valence-corrected chi connectivity index (χ4v) is 5.96. The summed E-state index contributed by atoms with van der Waals surface area (Å²) >= 11 is 0. The Morgan fingerprint density at radius 3 is 2.45 bits per heavy atom. The lowest BCUT2D eigenvalue weighted by atomic mass is 9.94. The predicted molar refractivity (Wildman–Crippen MR) is 127 cm³/mol. The third kappa shape index (κ3) is 1.91. The third-order valence-electron chi connectivity index (χ3n) is 7.28. The highest BCUT2D eigenvalue weighted by molar-refractivity contribution is 6.18. The van der Waals surface area contributed by atoms with E-state index in [1.165, 1.54) is 66.2 Å². The predicted octanol–water partition coefficient (Wildman–Crippen LogP) is 6.78. The van der Waals surface area contributed by atoms with Crippen LogP contribution in [0.2, 0.25) is 0 Å². The second-order valence-corrected chi connectivity index (χ2v) is 8.84. The first-order valence-electron chi connectivity index (χ1n) is 10.9. The number of para-hydroxylation sites is 1. The minimum atomic E-state index is 0.996. The fourth-order valence-electron chi connectivity index (χ4n) is 5.96. The molecule has 0 bridgehead atoms. The highest BCUT2D eigenvalue weighted by Gasteiger charge is 2.27. The highest BCUT2D eigenvalue weighted by Crippen LogP contribution is 2.48. The molecule has 2 heterocycles. The molecule has 0 amide bonds. The van der Waals surface area contributed by atoms with Crippen molar-refractivity contribution in [3.05, 3.63) is 107 Å². The van der Waals surface area contributed by atoms with E-state index in [2.05, 4.69) is 83.4 Å². The van der Waals surface area contributed by atoms with Crippen molar-refractivity contribution in [3.8, 4) is 22.3 Å². The molecule has 6 aromatic rings. The molecule has 2 aliphatic rings. The van der Waals surface area contributed by atoms with E-state index in [1.807, 2.05) is 6.20 Å². The second-order valence-electron chi connectivity index (χ2n) is 8.84. The monoisotopic (exact) mass is 394 g/mol. The lowest BCUT2D eigenvalue weighted by molar-refractivity contribution is 1.24. The molecule has 2 nitrogen and oxygen atoms in total. The van der Waals surface area contributed by atoms with E-state index >= 15 is 0 Å². The van der Waals surface area contributed by atoms with E-state index in [0.29, 0.717) is 0 Å². The van der Waals surface area contributed by atoms with Gasteiger partial charge in [-0.1, -0.05) is 54.6 Å². The van der Waals surface area contributed by atoms with Gasteiger partial charge in [0.2, 0.25) is 0 Å². The maximum absolute atomic E-state index is 4.82. The van der Waals surface area contributed by atoms with Gasteiger partial charge < -0.3 is 0 Å². The maximum Gasteiger partial charge on any atom is 0.145 e. The van der Waals surface area contributed by atoms with Gasteiger partial charge in [-0.05, 0) is 80.9 Å². The van der Waals surface area contributed by atoms with Crippen LogP contribution in [0, 0.1) is 0 Å². The average molecular weight is 394 g/mol. The zero-order chi connectivity index (χ0) is 20.1. The number of aromatic nitrogens is 2. The van der Waals surface area contributed by atoms with Crippen LogP contribution in [0.4, 0.5) is 0 Å². The van der Waals surface area contributed by atoms with Crippen molar-refractivity contribution in [2.24, 2.45) is 0 Å². The first-order valence-corrected chi connectivity index (χ1v) is 10.9. The number of hydrogen-bond donors (Lipinski definition) is 0. The van der Waals surface area contributed by atoms with Crippen LogP contribution in [0.25, 0.3) is 49.6 Å². The summed E-state index contributed by atoms with van der Waals surface area (Å²) in [5.41, 5.74) is 13.6. The molecule has 144 valence electrons. The summed E-state index contributed by atoms with van der Waals surface area (Å²) in [4.78, 5) is 4.82. The van der Waals surface area contributed by atoms with E-state index in [4.69, 9.17) is 4.98 Å². The number of imidazole rings is 1. The molecule has 4 aromatic carbocycles. The lowest BCUT2D eigenvalue weighted by Crippen LogP contribution is -1.93. The van der Waals surface area contributed by atoms with Gasteiger partial charge in [0.1, 0.15) is 5.65 Å². The topological polar surface area (TPSA) is 17.3 Å². The van der Waals surface area contributed by atoms with Gasteiger partial charge in [-0.25, -0.2) is 4.98 Å². The number of hydrogen-bond acceptors (Lipinski definition) is 1. The molecule has 8 rings (SSSR count). The van der Waals surface area contributed by atoms with Crippen molar-refractivity contribution >= 4 is 27.3 Å². The quantitative estimate of drug-likeness (QED) is 0.259. The van der Waals surface area contributed by atoms with Crippen LogP contribution >= 0.6 is 0 Å². The molecule has 31 heavy (non-hydrogen) atoms. The summed E-state index contributed by atoms with van der Waals surface area (Å²) in [5, 5.41) is 3.87. The van der Waals surface area contributed by atoms with Crippen LogP contribution < -0.4 is 0 Å². The zero-order valence-electron chi connectivity index (χ0n) is 16.9. The van der Waals surface area contributed by atoms with Crippen molar-refractivity contribution < 1.29 is 0 Å². The Balaban J connectivity index is 1.50. The standard InChI is InChI=1S/C29H18N2/c1-2-6-21-17(5-1)13-19-16-25-20(15-24(19)21)14-18-9-10-23-22-7-3-4-8-26(22)31-12-11-30-29(31)28(23)27(18)25/h1-12,15-16H,13-14H2. The molecular formula is C29H18N2. The Morgan fingerprint density at radius 1 is 0.645 bits per heavy atom. The number of nitrogens with zero attached hydrogens (tertiary/aromatic N) is 2. The van der Waals surface area contributed by atoms with Gasteiger partial charge >= 0.3 is 0 Å². The number of pyridine rings is 1. The molecule has 0 spiro atoms. The van der Waals surface area contributed by atoms with Crippen LogP contribution in [0.3, 0.4) is 0 Å². The molecule has 2 aromatic heterocycles. The smallest absolute Gasteiger partial charge is 0.145 e. The maximum atomic E-state index is 4.82. The number of benzene rings is 4. The SMILES string of the molecule is c1ccc2c(c1)Cc1cc3c(cc1-2)Cc1ccc2c4ccccc4n4ccnc4c2c1-3. The molecular weight excluding hydrogens is 376 g/mol. The van der Waals surface area contributed by atoms with E-state index in [9.17, 15) is 0 Å². The zero-order valence-corrected chi connectivity index (χ0v) is 16.9. The fraction of sp³-hybridized carbons (Fsp3) is 0.0690. The Labute approximate surface area is 179 Å². The van der Waals surface area contributed by atoms with Gasteiger partial charge in [0.15, 0.2) is 0 Å². The Hall–Kier alpha value is -3.91. The number of rotatable bonds is 0. The molecule has 0 unspecified atom stereocenters. The molecule has 0 saturated heterocycles. The van der Waals surface area contributed by atoms with Crippen molar-refractivity contribution in [1.82, 2.24) is 9.38 Å². The number of fused-ring (bicyclic) bond motifs is 13. The van der Waals surface area contributed by atoms with Gasteiger partial charge in [-0.2, -0.15) is 0 Å². The molecule has 0 N–H and O–H groups in total. The summed E-state index contributed by atoms with van der Waals surface area (Å²) in [6.07, 6.45) is 6.04. The molecule has 0 radical (unpaired) electrons. The lowest BCUT2D eigenvalue weighted by Gasteiger charge is -2.13. The van der Waals surface area contributed by atoms with E-state index in [1.54, 1.807) is 0 Å². The van der Waals surface area contributed by atoms with Crippen LogP contribution in [0.15, 0.2) is 85.2 Å². The third-order valence-corrected chi connectivity index (χ3v) is 7.28. The van der Waals surface area contributed by atoms with Gasteiger partial charge in [0.25, 0.3) is 0 Å². The van der Waals surface area contributed by atoms with Gasteiger partial charge in [0, 0.05) is 23.2 Å².